The molecule has 0 saturated heterocycles. The van der Waals surface area contributed by atoms with E-state index in [9.17, 15) is 0 Å². The summed E-state index contributed by atoms with van der Waals surface area (Å²) in [5.74, 6) is 0. The molecule has 0 heterocycles. The van der Waals surface area contributed by atoms with E-state index in [1.807, 2.05) is 0 Å². The zero-order chi connectivity index (χ0) is 19.7. The van der Waals surface area contributed by atoms with Crippen LogP contribution in [-0.2, 0) is 0 Å². The van der Waals surface area contributed by atoms with Crippen LogP contribution in [0.1, 0.15) is 168 Å². The standard InChI is InChI=1S/C27H55/c1-3-5-7-9-11-13-15-17-19-21-23-25-27-26-24-22-20-18-16-14-12-10-8-6-4-2/h5H,3-4,6-27H2,1-2H3. The van der Waals surface area contributed by atoms with Gasteiger partial charge in [0.15, 0.2) is 0 Å². The first-order chi connectivity index (χ1) is 13.4. The van der Waals surface area contributed by atoms with Crippen LogP contribution in [0.15, 0.2) is 0 Å². The first-order valence-electron chi connectivity index (χ1n) is 13.2. The first-order valence-corrected chi connectivity index (χ1v) is 13.2. The van der Waals surface area contributed by atoms with Crippen molar-refractivity contribution >= 4 is 0 Å². The molecular formula is C27H55. The molecule has 0 amide bonds. The van der Waals surface area contributed by atoms with Crippen LogP contribution in [0.25, 0.3) is 0 Å². The number of unbranched alkanes of at least 4 members (excludes halogenated alkanes) is 24. The minimum Gasteiger partial charge on any atom is -0.0654 e. The van der Waals surface area contributed by atoms with E-state index in [0.717, 1.165) is 0 Å². The average molecular weight is 380 g/mol. The van der Waals surface area contributed by atoms with E-state index in [1.54, 1.807) is 0 Å². The Bertz CT molecular complexity index is 208. The van der Waals surface area contributed by atoms with Crippen molar-refractivity contribution in [1.82, 2.24) is 0 Å². The fraction of sp³-hybridized carbons (Fsp3) is 0.963. The fourth-order valence-electron chi connectivity index (χ4n) is 4.10. The Morgan fingerprint density at radius 3 is 0.852 bits per heavy atom. The summed E-state index contributed by atoms with van der Waals surface area (Å²) in [6.07, 6.45) is 37.4. The van der Waals surface area contributed by atoms with Gasteiger partial charge in [-0.15, -0.1) is 0 Å². The SMILES string of the molecule is CC[CH]CCCCCCCCCCCCCCCCCCCCCCCC. The van der Waals surface area contributed by atoms with Crippen molar-refractivity contribution in [2.75, 3.05) is 0 Å². The summed E-state index contributed by atoms with van der Waals surface area (Å²) in [5.41, 5.74) is 0. The van der Waals surface area contributed by atoms with Crippen molar-refractivity contribution < 1.29 is 0 Å². The van der Waals surface area contributed by atoms with E-state index in [1.165, 1.54) is 154 Å². The predicted octanol–water partition coefficient (Wildman–Crippen LogP) is 10.6. The number of hydrogen-bond acceptors (Lipinski definition) is 0. The molecule has 0 nitrogen and oxygen atoms in total. The van der Waals surface area contributed by atoms with Crippen molar-refractivity contribution in [3.63, 3.8) is 0 Å². The van der Waals surface area contributed by atoms with Gasteiger partial charge in [-0.25, -0.2) is 0 Å². The van der Waals surface area contributed by atoms with Crippen LogP contribution in [0, 0.1) is 6.42 Å². The molecule has 0 fully saturated rings. The van der Waals surface area contributed by atoms with Gasteiger partial charge in [0.05, 0.1) is 0 Å². The van der Waals surface area contributed by atoms with Crippen molar-refractivity contribution in [1.29, 1.82) is 0 Å². The summed E-state index contributed by atoms with van der Waals surface area (Å²) in [4.78, 5) is 0. The molecule has 0 aliphatic heterocycles. The third-order valence-electron chi connectivity index (χ3n) is 6.05. The smallest absolute Gasteiger partial charge is 0.0389 e. The maximum absolute atomic E-state index is 2.43. The fourth-order valence-corrected chi connectivity index (χ4v) is 4.10. The monoisotopic (exact) mass is 379 g/mol. The zero-order valence-corrected chi connectivity index (χ0v) is 19.5. The van der Waals surface area contributed by atoms with Gasteiger partial charge < -0.3 is 0 Å². The van der Waals surface area contributed by atoms with Crippen LogP contribution in [0.2, 0.25) is 0 Å². The third kappa shape index (κ3) is 26.0. The Balaban J connectivity index is 2.95. The van der Waals surface area contributed by atoms with Crippen LogP contribution < -0.4 is 0 Å². The summed E-state index contributed by atoms with van der Waals surface area (Å²) in [5, 5.41) is 0. The van der Waals surface area contributed by atoms with Crippen molar-refractivity contribution in [2.45, 2.75) is 168 Å². The molecule has 0 aromatic heterocycles. The van der Waals surface area contributed by atoms with E-state index in [4.69, 9.17) is 0 Å². The number of rotatable bonds is 24. The van der Waals surface area contributed by atoms with Crippen LogP contribution in [-0.4, -0.2) is 0 Å². The third-order valence-corrected chi connectivity index (χ3v) is 6.05. The van der Waals surface area contributed by atoms with E-state index < -0.39 is 0 Å². The second-order valence-electron chi connectivity index (χ2n) is 8.91. The molecule has 0 aromatic rings. The van der Waals surface area contributed by atoms with Gasteiger partial charge in [0.25, 0.3) is 0 Å². The molecule has 0 rings (SSSR count). The maximum Gasteiger partial charge on any atom is -0.0389 e. The van der Waals surface area contributed by atoms with E-state index in [-0.39, 0.29) is 0 Å². The molecule has 0 heteroatoms. The normalized spacial score (nSPS) is 11.3. The zero-order valence-electron chi connectivity index (χ0n) is 19.5. The minimum atomic E-state index is 1.25. The van der Waals surface area contributed by atoms with Gasteiger partial charge in [-0.1, -0.05) is 168 Å². The Hall–Kier alpha value is 0. The summed E-state index contributed by atoms with van der Waals surface area (Å²) in [7, 11) is 0. The molecule has 0 aliphatic carbocycles. The molecule has 0 saturated carbocycles. The van der Waals surface area contributed by atoms with Gasteiger partial charge in [-0.2, -0.15) is 0 Å². The Morgan fingerprint density at radius 1 is 0.333 bits per heavy atom. The lowest BCUT2D eigenvalue weighted by atomic mass is 10.0. The molecule has 27 heavy (non-hydrogen) atoms. The molecule has 163 valence electrons. The molecule has 0 spiro atoms. The molecule has 0 N–H and O–H groups in total. The second-order valence-corrected chi connectivity index (χ2v) is 8.91. The lowest BCUT2D eigenvalue weighted by Crippen LogP contribution is -1.84. The highest BCUT2D eigenvalue weighted by atomic mass is 14.0. The second kappa shape index (κ2) is 26.0. The quantitative estimate of drug-likeness (QED) is 0.146. The molecule has 0 atom stereocenters. The summed E-state index contributed by atoms with van der Waals surface area (Å²) in [6.45, 7) is 4.55. The van der Waals surface area contributed by atoms with Gasteiger partial charge in [0.1, 0.15) is 0 Å². The Labute approximate surface area is 174 Å². The van der Waals surface area contributed by atoms with Crippen molar-refractivity contribution in [3.8, 4) is 0 Å². The maximum atomic E-state index is 2.43. The summed E-state index contributed by atoms with van der Waals surface area (Å²) in [6, 6.07) is 0. The molecule has 0 aromatic carbocycles. The highest BCUT2D eigenvalue weighted by Crippen LogP contribution is 2.15. The summed E-state index contributed by atoms with van der Waals surface area (Å²) >= 11 is 0. The van der Waals surface area contributed by atoms with Gasteiger partial charge in [0, 0.05) is 0 Å². The first kappa shape index (κ1) is 27.0. The van der Waals surface area contributed by atoms with Crippen LogP contribution >= 0.6 is 0 Å². The van der Waals surface area contributed by atoms with E-state index in [0.29, 0.717) is 0 Å². The molecule has 0 bridgehead atoms. The molecular weight excluding hydrogens is 324 g/mol. The van der Waals surface area contributed by atoms with Gasteiger partial charge >= 0.3 is 0 Å². The van der Waals surface area contributed by atoms with Crippen molar-refractivity contribution in [3.05, 3.63) is 6.42 Å². The Kier molecular flexibility index (Phi) is 26.0. The van der Waals surface area contributed by atoms with Crippen molar-refractivity contribution in [2.24, 2.45) is 0 Å². The highest BCUT2D eigenvalue weighted by molar-refractivity contribution is 4.60. The lowest BCUT2D eigenvalue weighted by molar-refractivity contribution is 0.519. The topological polar surface area (TPSA) is 0 Å². The average Bonchev–Trinajstić information content (AvgIpc) is 2.68. The highest BCUT2D eigenvalue weighted by Gasteiger charge is 1.95. The van der Waals surface area contributed by atoms with Gasteiger partial charge in [-0.3, -0.25) is 0 Å². The van der Waals surface area contributed by atoms with Crippen LogP contribution in [0.5, 0.6) is 0 Å². The predicted molar refractivity (Wildman–Crippen MR) is 126 cm³/mol. The largest absolute Gasteiger partial charge is 0.0654 e. The lowest BCUT2D eigenvalue weighted by Gasteiger charge is -2.04. The van der Waals surface area contributed by atoms with Crippen LogP contribution in [0.3, 0.4) is 0 Å². The van der Waals surface area contributed by atoms with E-state index in [2.05, 4.69) is 20.3 Å². The van der Waals surface area contributed by atoms with Gasteiger partial charge in [0.2, 0.25) is 0 Å². The molecule has 0 aliphatic rings. The van der Waals surface area contributed by atoms with E-state index >= 15 is 0 Å². The Morgan fingerprint density at radius 2 is 0.593 bits per heavy atom. The van der Waals surface area contributed by atoms with Gasteiger partial charge in [-0.05, 0) is 6.42 Å². The minimum absolute atomic E-state index is 1.25. The molecule has 0 unspecified atom stereocenters. The molecule has 1 radical (unpaired) electrons. The van der Waals surface area contributed by atoms with Crippen LogP contribution in [0.4, 0.5) is 0 Å². The number of hydrogen-bond donors (Lipinski definition) is 0. The summed E-state index contributed by atoms with van der Waals surface area (Å²) < 4.78 is 0.